The van der Waals surface area contributed by atoms with Gasteiger partial charge >= 0.3 is 0 Å². The Labute approximate surface area is 178 Å². The van der Waals surface area contributed by atoms with Gasteiger partial charge in [-0.3, -0.25) is 4.90 Å². The minimum atomic E-state index is 0.365. The normalized spacial score (nSPS) is 22.8. The largest absolute Gasteiger partial charge is 0.496 e. The van der Waals surface area contributed by atoms with Crippen molar-refractivity contribution in [3.8, 4) is 17.2 Å². The molecule has 5 rings (SSSR count). The molecule has 2 atom stereocenters. The van der Waals surface area contributed by atoms with E-state index >= 15 is 0 Å². The lowest BCUT2D eigenvalue weighted by Crippen LogP contribution is -2.38. The molecule has 0 aliphatic carbocycles. The first-order chi connectivity index (χ1) is 14.7. The molecule has 3 aliphatic heterocycles. The number of methoxy groups -OCH3 is 3. The predicted octanol–water partition coefficient (Wildman–Crippen LogP) is 3.36. The number of rotatable bonds is 6. The molecule has 0 spiro atoms. The first-order valence-electron chi connectivity index (χ1n) is 10.9. The molecule has 3 aliphatic rings. The molecule has 4 heterocycles. The zero-order valence-electron chi connectivity index (χ0n) is 18.1. The Kier molecular flexibility index (Phi) is 5.15. The molecule has 30 heavy (non-hydrogen) atoms. The molecule has 2 bridgehead atoms. The van der Waals surface area contributed by atoms with Gasteiger partial charge in [0.1, 0.15) is 5.75 Å². The standard InChI is InChI=1S/C23H30N4O3/c1-28-20-12-22(30-3)21(29-2)10-15(20)14-27-16-6-7-19(27)17-13-24-23(25-18(17)11-16)26-8-4-5-9-26/h10,12-13,16,19H,4-9,11,14H2,1-3H3/t16-,19-/m1/s1. The molecule has 0 N–H and O–H groups in total. The van der Waals surface area contributed by atoms with Crippen molar-refractivity contribution in [2.75, 3.05) is 39.3 Å². The quantitative estimate of drug-likeness (QED) is 0.724. The van der Waals surface area contributed by atoms with Gasteiger partial charge in [0, 0.05) is 61.5 Å². The van der Waals surface area contributed by atoms with Gasteiger partial charge in [-0.1, -0.05) is 0 Å². The Morgan fingerprint density at radius 1 is 0.967 bits per heavy atom. The Morgan fingerprint density at radius 2 is 1.70 bits per heavy atom. The van der Waals surface area contributed by atoms with Crippen molar-refractivity contribution in [3.63, 3.8) is 0 Å². The highest BCUT2D eigenvalue weighted by Crippen LogP contribution is 2.45. The van der Waals surface area contributed by atoms with Crippen LogP contribution in [0.4, 0.5) is 5.95 Å². The maximum Gasteiger partial charge on any atom is 0.225 e. The van der Waals surface area contributed by atoms with Crippen molar-refractivity contribution < 1.29 is 14.2 Å². The fourth-order valence-corrected chi connectivity index (χ4v) is 5.29. The van der Waals surface area contributed by atoms with Crippen molar-refractivity contribution in [1.29, 1.82) is 0 Å². The van der Waals surface area contributed by atoms with Crippen molar-refractivity contribution in [3.05, 3.63) is 35.2 Å². The van der Waals surface area contributed by atoms with Gasteiger partial charge in [0.2, 0.25) is 5.95 Å². The predicted molar refractivity (Wildman–Crippen MR) is 115 cm³/mol. The molecule has 7 heteroatoms. The number of anilines is 1. The molecule has 2 fully saturated rings. The monoisotopic (exact) mass is 410 g/mol. The van der Waals surface area contributed by atoms with Gasteiger partial charge in [-0.15, -0.1) is 0 Å². The van der Waals surface area contributed by atoms with Crippen LogP contribution in [0, 0.1) is 0 Å². The van der Waals surface area contributed by atoms with Crippen LogP contribution in [0.1, 0.15) is 48.5 Å². The molecular weight excluding hydrogens is 380 g/mol. The molecule has 160 valence electrons. The van der Waals surface area contributed by atoms with Gasteiger partial charge in [0.05, 0.1) is 27.0 Å². The SMILES string of the molecule is COc1cc(OC)c(OC)cc1CN1[C@@H]2CC[C@@H]1c1cnc(N3CCCC3)nc1C2. The number of nitrogens with zero attached hydrogens (tertiary/aromatic N) is 4. The average Bonchev–Trinajstić information content (AvgIpc) is 3.40. The van der Waals surface area contributed by atoms with Crippen LogP contribution in [-0.4, -0.2) is 55.3 Å². The maximum atomic E-state index is 5.67. The number of ether oxygens (including phenoxy) is 3. The topological polar surface area (TPSA) is 60.0 Å². The van der Waals surface area contributed by atoms with Gasteiger partial charge in [-0.2, -0.15) is 0 Å². The van der Waals surface area contributed by atoms with Gasteiger partial charge in [0.15, 0.2) is 11.5 Å². The molecule has 7 nitrogen and oxygen atoms in total. The van der Waals surface area contributed by atoms with Crippen molar-refractivity contribution in [2.45, 2.75) is 50.7 Å². The van der Waals surface area contributed by atoms with E-state index in [9.17, 15) is 0 Å². The summed E-state index contributed by atoms with van der Waals surface area (Å²) in [6, 6.07) is 4.82. The molecule has 2 aromatic rings. The first kappa shape index (κ1) is 19.4. The van der Waals surface area contributed by atoms with E-state index in [1.54, 1.807) is 21.3 Å². The van der Waals surface area contributed by atoms with Crippen molar-refractivity contribution in [1.82, 2.24) is 14.9 Å². The van der Waals surface area contributed by atoms with E-state index in [1.165, 1.54) is 30.5 Å². The first-order valence-corrected chi connectivity index (χ1v) is 10.9. The summed E-state index contributed by atoms with van der Waals surface area (Å²) in [5.41, 5.74) is 3.66. The van der Waals surface area contributed by atoms with Crippen LogP contribution in [-0.2, 0) is 13.0 Å². The highest BCUT2D eigenvalue weighted by atomic mass is 16.5. The second-order valence-electron chi connectivity index (χ2n) is 8.41. The molecule has 0 saturated carbocycles. The summed E-state index contributed by atoms with van der Waals surface area (Å²) >= 11 is 0. The van der Waals surface area contributed by atoms with Crippen LogP contribution >= 0.6 is 0 Å². The van der Waals surface area contributed by atoms with Gasteiger partial charge in [0.25, 0.3) is 0 Å². The third-order valence-electron chi connectivity index (χ3n) is 6.85. The molecule has 0 unspecified atom stereocenters. The summed E-state index contributed by atoms with van der Waals surface area (Å²) in [5, 5.41) is 0. The molecule has 1 aromatic carbocycles. The zero-order chi connectivity index (χ0) is 20.7. The number of benzene rings is 1. The lowest BCUT2D eigenvalue weighted by molar-refractivity contribution is 0.164. The summed E-state index contributed by atoms with van der Waals surface area (Å²) in [4.78, 5) is 14.6. The Hall–Kier alpha value is -2.54. The van der Waals surface area contributed by atoms with Gasteiger partial charge in [-0.25, -0.2) is 9.97 Å². The minimum absolute atomic E-state index is 0.365. The van der Waals surface area contributed by atoms with Gasteiger partial charge < -0.3 is 19.1 Å². The molecule has 0 radical (unpaired) electrons. The number of hydrogen-bond acceptors (Lipinski definition) is 7. The second-order valence-corrected chi connectivity index (χ2v) is 8.41. The van der Waals surface area contributed by atoms with E-state index in [0.717, 1.165) is 55.5 Å². The summed E-state index contributed by atoms with van der Waals surface area (Å²) < 4.78 is 16.6. The summed E-state index contributed by atoms with van der Waals surface area (Å²) in [5.74, 6) is 3.17. The van der Waals surface area contributed by atoms with E-state index < -0.39 is 0 Å². The lowest BCUT2D eigenvalue weighted by Gasteiger charge is -2.36. The Bertz CT molecular complexity index is 929. The summed E-state index contributed by atoms with van der Waals surface area (Å²) in [6.45, 7) is 2.97. The van der Waals surface area contributed by atoms with Crippen molar-refractivity contribution in [2.24, 2.45) is 0 Å². The highest BCUT2D eigenvalue weighted by Gasteiger charge is 2.41. The lowest BCUT2D eigenvalue weighted by atomic mass is 9.98. The smallest absolute Gasteiger partial charge is 0.225 e. The number of hydrogen-bond donors (Lipinski definition) is 0. The Morgan fingerprint density at radius 3 is 2.43 bits per heavy atom. The molecule has 2 saturated heterocycles. The Balaban J connectivity index is 1.43. The van der Waals surface area contributed by atoms with Crippen LogP contribution < -0.4 is 19.1 Å². The molecule has 1 aromatic heterocycles. The third kappa shape index (κ3) is 3.25. The second kappa shape index (κ2) is 7.95. The fourth-order valence-electron chi connectivity index (χ4n) is 5.29. The third-order valence-corrected chi connectivity index (χ3v) is 6.85. The minimum Gasteiger partial charge on any atom is -0.496 e. The average molecular weight is 411 g/mol. The zero-order valence-corrected chi connectivity index (χ0v) is 18.1. The number of fused-ring (bicyclic) bond motifs is 4. The molecular formula is C23H30N4O3. The van der Waals surface area contributed by atoms with Crippen LogP contribution in [0.5, 0.6) is 17.2 Å². The van der Waals surface area contributed by atoms with Gasteiger partial charge in [-0.05, 0) is 31.7 Å². The molecule has 0 amide bonds. The summed E-state index contributed by atoms with van der Waals surface area (Å²) in [7, 11) is 5.03. The fraction of sp³-hybridized carbons (Fsp3) is 0.565. The maximum absolute atomic E-state index is 5.67. The van der Waals surface area contributed by atoms with Crippen LogP contribution in [0.25, 0.3) is 0 Å². The van der Waals surface area contributed by atoms with E-state index in [1.807, 2.05) is 12.1 Å². The highest BCUT2D eigenvalue weighted by molar-refractivity contribution is 5.51. The number of aromatic nitrogens is 2. The van der Waals surface area contributed by atoms with E-state index in [-0.39, 0.29) is 0 Å². The van der Waals surface area contributed by atoms with Crippen LogP contribution in [0.3, 0.4) is 0 Å². The van der Waals surface area contributed by atoms with E-state index in [0.29, 0.717) is 17.8 Å². The van der Waals surface area contributed by atoms with E-state index in [2.05, 4.69) is 16.0 Å². The van der Waals surface area contributed by atoms with Crippen molar-refractivity contribution >= 4 is 5.95 Å². The van der Waals surface area contributed by atoms with Crippen LogP contribution in [0.2, 0.25) is 0 Å². The summed E-state index contributed by atoms with van der Waals surface area (Å²) in [6.07, 6.45) is 7.90. The van der Waals surface area contributed by atoms with Crippen LogP contribution in [0.15, 0.2) is 18.3 Å². The van der Waals surface area contributed by atoms with E-state index in [4.69, 9.17) is 24.2 Å².